The van der Waals surface area contributed by atoms with Crippen molar-refractivity contribution >= 4 is 18.4 Å². The van der Waals surface area contributed by atoms with E-state index in [2.05, 4.69) is 39.0 Å². The first kappa shape index (κ1) is 35.4. The van der Waals surface area contributed by atoms with Gasteiger partial charge < -0.3 is 0 Å². The van der Waals surface area contributed by atoms with Crippen LogP contribution in [0.5, 0.6) is 5.75 Å². The second-order valence-electron chi connectivity index (χ2n) is 10.2. The van der Waals surface area contributed by atoms with Crippen LogP contribution in [0.25, 0.3) is 0 Å². The molecule has 0 amide bonds. The van der Waals surface area contributed by atoms with Gasteiger partial charge in [0.25, 0.3) is 0 Å². The molecule has 0 fully saturated rings. The van der Waals surface area contributed by atoms with Gasteiger partial charge in [-0.05, 0) is 0 Å². The van der Waals surface area contributed by atoms with Crippen molar-refractivity contribution < 1.29 is 28.8 Å². The van der Waals surface area contributed by atoms with Crippen LogP contribution in [0.15, 0.2) is 33.9 Å². The summed E-state index contributed by atoms with van der Waals surface area (Å²) < 4.78 is 33.9. The van der Waals surface area contributed by atoms with E-state index in [1.165, 1.54) is 51.8 Å². The predicted molar refractivity (Wildman–Crippen MR) is 160 cm³/mol. The van der Waals surface area contributed by atoms with Crippen molar-refractivity contribution in [3.63, 3.8) is 0 Å². The summed E-state index contributed by atoms with van der Waals surface area (Å²) >= 11 is -2.69. The monoisotopic (exact) mass is 644 g/mol. The predicted octanol–water partition coefficient (Wildman–Crippen LogP) is 7.30. The van der Waals surface area contributed by atoms with Crippen LogP contribution in [0.3, 0.4) is 0 Å². The molecule has 0 aliphatic rings. The Labute approximate surface area is 237 Å². The number of ether oxygens (including phenoxy) is 5. The summed E-state index contributed by atoms with van der Waals surface area (Å²) in [7, 11) is 3.35. The standard InChI is InChI=1S/C19H29O6.3C4H9.Sn/c1-21-13-14-24-16-23-12-10-19(5-3-4-11-20)25-15-17-6-8-18(22-2)9-7-17;3*1-3-4-2;/h4,6-9,19-20H,5,10-16H2,1-2H3;3*1,3-4H2,2H3;/t19-;;;;/m0..../s1. The van der Waals surface area contributed by atoms with Gasteiger partial charge in [0.1, 0.15) is 0 Å². The van der Waals surface area contributed by atoms with Crippen molar-refractivity contribution in [3.05, 3.63) is 39.5 Å². The van der Waals surface area contributed by atoms with E-state index >= 15 is 0 Å². The van der Waals surface area contributed by atoms with Crippen molar-refractivity contribution in [2.24, 2.45) is 0 Å². The molecule has 0 heterocycles. The molecule has 0 unspecified atom stereocenters. The molecular formula is C31H56O6Sn. The Balaban J connectivity index is 3.06. The van der Waals surface area contributed by atoms with Crippen LogP contribution in [-0.4, -0.2) is 77.0 Å². The summed E-state index contributed by atoms with van der Waals surface area (Å²) in [6.45, 7) is 9.51. The molecule has 0 saturated heterocycles. The number of aliphatic hydroxyl groups is 1. The number of hydrogen-bond donors (Lipinski definition) is 1. The van der Waals surface area contributed by atoms with E-state index in [1.807, 2.05) is 12.1 Å². The van der Waals surface area contributed by atoms with Crippen LogP contribution in [0.1, 0.15) is 77.7 Å². The third-order valence-electron chi connectivity index (χ3n) is 7.32. The number of benzene rings is 1. The maximum atomic E-state index is 10.1. The van der Waals surface area contributed by atoms with Crippen LogP contribution in [0, 0.1) is 0 Å². The molecule has 0 radical (unpaired) electrons. The molecule has 1 aromatic rings. The fourth-order valence-electron chi connectivity index (χ4n) is 4.99. The van der Waals surface area contributed by atoms with Crippen LogP contribution in [0.2, 0.25) is 13.3 Å². The Morgan fingerprint density at radius 3 is 2.00 bits per heavy atom. The molecule has 0 saturated carbocycles. The summed E-state index contributed by atoms with van der Waals surface area (Å²) in [5.74, 6) is 0.849. The molecule has 1 rings (SSSR count). The van der Waals surface area contributed by atoms with Crippen LogP contribution in [0.4, 0.5) is 0 Å². The van der Waals surface area contributed by atoms with Gasteiger partial charge >= 0.3 is 238 Å². The van der Waals surface area contributed by atoms with Gasteiger partial charge in [-0.25, -0.2) is 0 Å². The zero-order valence-corrected chi connectivity index (χ0v) is 27.8. The van der Waals surface area contributed by atoms with Gasteiger partial charge in [0.2, 0.25) is 0 Å². The molecule has 7 heteroatoms. The maximum absolute atomic E-state index is 10.1. The second-order valence-corrected chi connectivity index (χ2v) is 23.6. The zero-order chi connectivity index (χ0) is 27.9. The fourth-order valence-corrected chi connectivity index (χ4v) is 22.1. The average molecular weight is 643 g/mol. The minimum atomic E-state index is -2.69. The van der Waals surface area contributed by atoms with Crippen molar-refractivity contribution in [3.8, 4) is 5.75 Å². The molecule has 1 aromatic carbocycles. The molecular weight excluding hydrogens is 587 g/mol. The third kappa shape index (κ3) is 14.7. The molecule has 220 valence electrons. The number of aliphatic hydroxyl groups excluding tert-OH is 1. The van der Waals surface area contributed by atoms with Crippen molar-refractivity contribution in [1.82, 2.24) is 0 Å². The van der Waals surface area contributed by atoms with Gasteiger partial charge in [-0.15, -0.1) is 0 Å². The van der Waals surface area contributed by atoms with E-state index in [-0.39, 0.29) is 19.5 Å². The minimum absolute atomic E-state index is 0.0369. The van der Waals surface area contributed by atoms with E-state index in [1.54, 1.807) is 17.8 Å². The topological polar surface area (TPSA) is 66.4 Å². The average Bonchev–Trinajstić information content (AvgIpc) is 2.95. The quantitative estimate of drug-likeness (QED) is 0.0686. The molecule has 6 nitrogen and oxygen atoms in total. The zero-order valence-electron chi connectivity index (χ0n) is 25.0. The fraction of sp³-hybridized carbons (Fsp3) is 0.742. The molecule has 0 spiro atoms. The van der Waals surface area contributed by atoms with E-state index in [0.29, 0.717) is 26.4 Å². The van der Waals surface area contributed by atoms with Crippen LogP contribution in [-0.2, 0) is 25.6 Å². The summed E-state index contributed by atoms with van der Waals surface area (Å²) in [6, 6.07) is 8.08. The van der Waals surface area contributed by atoms with Gasteiger partial charge in [-0.2, -0.15) is 0 Å². The second kappa shape index (κ2) is 23.1. The first-order chi connectivity index (χ1) is 18.6. The van der Waals surface area contributed by atoms with E-state index in [4.69, 9.17) is 23.7 Å². The molecule has 0 aliphatic carbocycles. The number of hydrogen-bond acceptors (Lipinski definition) is 6. The molecule has 1 atom stereocenters. The van der Waals surface area contributed by atoms with E-state index in [0.717, 1.165) is 24.2 Å². The Morgan fingerprint density at radius 2 is 1.47 bits per heavy atom. The van der Waals surface area contributed by atoms with Crippen molar-refractivity contribution in [2.45, 2.75) is 98.2 Å². The van der Waals surface area contributed by atoms with E-state index in [9.17, 15) is 5.11 Å². The SMILES string of the molecule is CCC[CH2][Sn]([CH2]CCC)([CH2]CCC)/[C](=C/CO)C[C@@H](CCOCOCCOC)OCc1ccc(OC)cc1. The Hall–Kier alpha value is -0.641. The van der Waals surface area contributed by atoms with Crippen LogP contribution < -0.4 is 4.74 Å². The normalized spacial score (nSPS) is 13.2. The first-order valence-electron chi connectivity index (χ1n) is 14.8. The Bertz CT molecular complexity index is 687. The van der Waals surface area contributed by atoms with Crippen molar-refractivity contribution in [2.75, 3.05) is 47.4 Å². The molecule has 38 heavy (non-hydrogen) atoms. The number of unbranched alkanes of at least 4 members (excludes halogenated alkanes) is 3. The molecule has 0 bridgehead atoms. The molecule has 0 aromatic heterocycles. The summed E-state index contributed by atoms with van der Waals surface area (Å²) in [6.07, 6.45) is 11.5. The third-order valence-corrected chi connectivity index (χ3v) is 23.6. The number of methoxy groups -OCH3 is 2. The van der Waals surface area contributed by atoms with E-state index < -0.39 is 18.4 Å². The van der Waals surface area contributed by atoms with Crippen LogP contribution >= 0.6 is 0 Å². The van der Waals surface area contributed by atoms with Gasteiger partial charge in [-0.3, -0.25) is 0 Å². The first-order valence-corrected chi connectivity index (χ1v) is 22.3. The van der Waals surface area contributed by atoms with Crippen molar-refractivity contribution in [1.29, 1.82) is 0 Å². The van der Waals surface area contributed by atoms with Gasteiger partial charge in [0, 0.05) is 0 Å². The Kier molecular flexibility index (Phi) is 21.5. The molecule has 0 aliphatic heterocycles. The van der Waals surface area contributed by atoms with Gasteiger partial charge in [0.15, 0.2) is 0 Å². The summed E-state index contributed by atoms with van der Waals surface area (Å²) in [4.78, 5) is 0. The number of rotatable bonds is 25. The summed E-state index contributed by atoms with van der Waals surface area (Å²) in [5.41, 5.74) is 1.13. The van der Waals surface area contributed by atoms with Gasteiger partial charge in [0.05, 0.1) is 0 Å². The van der Waals surface area contributed by atoms with Gasteiger partial charge in [-0.1, -0.05) is 0 Å². The molecule has 1 N–H and O–H groups in total. The Morgan fingerprint density at radius 1 is 0.868 bits per heavy atom. The summed E-state index contributed by atoms with van der Waals surface area (Å²) in [5, 5.41) is 10.1.